The average Bonchev–Trinajstić information content (AvgIpc) is 2.93. The van der Waals surface area contributed by atoms with Crippen LogP contribution in [0.2, 0.25) is 0 Å². The molecule has 1 saturated heterocycles. The molecule has 1 aromatic heterocycles. The first-order chi connectivity index (χ1) is 9.87. The Morgan fingerprint density at radius 2 is 1.76 bits per heavy atom. The molecule has 0 amide bonds. The summed E-state index contributed by atoms with van der Waals surface area (Å²) < 4.78 is 5.80. The second-order valence-electron chi connectivity index (χ2n) is 7.28. The summed E-state index contributed by atoms with van der Waals surface area (Å²) in [4.78, 5) is 2.23. The summed E-state index contributed by atoms with van der Waals surface area (Å²) in [6.07, 6.45) is 4.97. The van der Waals surface area contributed by atoms with Crippen molar-refractivity contribution in [3.05, 3.63) is 5.89 Å². The second-order valence-corrected chi connectivity index (χ2v) is 7.28. The van der Waals surface area contributed by atoms with E-state index in [4.69, 9.17) is 4.42 Å². The molecule has 1 aromatic rings. The van der Waals surface area contributed by atoms with E-state index in [2.05, 4.69) is 55.0 Å². The monoisotopic (exact) mass is 294 g/mol. The molecule has 5 nitrogen and oxygen atoms in total. The van der Waals surface area contributed by atoms with Crippen LogP contribution in [0.5, 0.6) is 0 Å². The highest BCUT2D eigenvalue weighted by atomic mass is 16.4. The summed E-state index contributed by atoms with van der Waals surface area (Å²) in [5.74, 6) is 0.669. The van der Waals surface area contributed by atoms with Gasteiger partial charge in [0.15, 0.2) is 0 Å². The van der Waals surface area contributed by atoms with Crippen LogP contribution in [0.4, 0.5) is 6.01 Å². The van der Waals surface area contributed by atoms with Crippen LogP contribution < -0.4 is 10.2 Å². The van der Waals surface area contributed by atoms with Crippen LogP contribution in [0.1, 0.15) is 66.2 Å². The van der Waals surface area contributed by atoms with Gasteiger partial charge in [-0.25, -0.2) is 0 Å². The third kappa shape index (κ3) is 4.19. The first-order valence-corrected chi connectivity index (χ1v) is 8.20. The lowest BCUT2D eigenvalue weighted by Crippen LogP contribution is -2.39. The number of nitrogens with zero attached hydrogens (tertiary/aromatic N) is 3. The van der Waals surface area contributed by atoms with Crippen LogP contribution in [0.15, 0.2) is 4.42 Å². The van der Waals surface area contributed by atoms with Crippen molar-refractivity contribution in [3.63, 3.8) is 0 Å². The minimum Gasteiger partial charge on any atom is -0.407 e. The molecule has 120 valence electrons. The predicted octanol–water partition coefficient (Wildman–Crippen LogP) is 3.36. The van der Waals surface area contributed by atoms with Crippen molar-refractivity contribution in [1.82, 2.24) is 15.5 Å². The number of aromatic nitrogens is 2. The van der Waals surface area contributed by atoms with Crippen LogP contribution in [0.25, 0.3) is 0 Å². The highest BCUT2D eigenvalue weighted by molar-refractivity contribution is 5.25. The van der Waals surface area contributed by atoms with E-state index >= 15 is 0 Å². The van der Waals surface area contributed by atoms with Gasteiger partial charge in [-0.1, -0.05) is 31.8 Å². The van der Waals surface area contributed by atoms with E-state index in [-0.39, 0.29) is 5.54 Å². The van der Waals surface area contributed by atoms with Gasteiger partial charge in [0.2, 0.25) is 5.89 Å². The maximum atomic E-state index is 5.80. The fourth-order valence-corrected chi connectivity index (χ4v) is 2.91. The maximum absolute atomic E-state index is 5.80. The number of hydrogen-bond acceptors (Lipinski definition) is 5. The summed E-state index contributed by atoms with van der Waals surface area (Å²) in [7, 11) is 0. The highest BCUT2D eigenvalue weighted by Gasteiger charge is 2.32. The quantitative estimate of drug-likeness (QED) is 0.902. The highest BCUT2D eigenvalue weighted by Crippen LogP contribution is 2.38. The van der Waals surface area contributed by atoms with Crippen LogP contribution in [0.3, 0.4) is 0 Å². The molecule has 0 aromatic carbocycles. The van der Waals surface area contributed by atoms with Gasteiger partial charge in [0.05, 0.1) is 6.54 Å². The van der Waals surface area contributed by atoms with Crippen LogP contribution in [-0.2, 0) is 6.54 Å². The summed E-state index contributed by atoms with van der Waals surface area (Å²) >= 11 is 0. The number of nitrogens with one attached hydrogen (secondary N) is 1. The fraction of sp³-hybridized carbons (Fsp3) is 0.875. The molecule has 0 saturated carbocycles. The van der Waals surface area contributed by atoms with Crippen LogP contribution in [0, 0.1) is 5.41 Å². The lowest BCUT2D eigenvalue weighted by Gasteiger charge is -2.40. The van der Waals surface area contributed by atoms with Gasteiger partial charge < -0.3 is 14.6 Å². The number of piperidine rings is 1. The van der Waals surface area contributed by atoms with Crippen molar-refractivity contribution in [2.75, 3.05) is 18.0 Å². The molecule has 21 heavy (non-hydrogen) atoms. The lowest BCUT2D eigenvalue weighted by molar-refractivity contribution is 0.196. The molecular formula is C16H30N4O. The Hall–Kier alpha value is -1.10. The summed E-state index contributed by atoms with van der Waals surface area (Å²) in [5, 5.41) is 11.7. The molecule has 0 radical (unpaired) electrons. The molecule has 0 bridgehead atoms. The van der Waals surface area contributed by atoms with Gasteiger partial charge in [0.25, 0.3) is 0 Å². The number of anilines is 1. The van der Waals surface area contributed by atoms with Crippen molar-refractivity contribution in [2.24, 2.45) is 5.41 Å². The minimum atomic E-state index is 0.0572. The fourth-order valence-electron chi connectivity index (χ4n) is 2.91. The standard InChI is InChI=1S/C16H30N4O/c1-6-16(7-2)8-10-20(11-9-16)14-19-18-13(21-14)12-17-15(3,4)5/h17H,6-12H2,1-5H3. The van der Waals surface area contributed by atoms with Gasteiger partial charge in [0, 0.05) is 18.6 Å². The van der Waals surface area contributed by atoms with Gasteiger partial charge in [-0.05, 0) is 39.0 Å². The van der Waals surface area contributed by atoms with Gasteiger partial charge >= 0.3 is 6.01 Å². The smallest absolute Gasteiger partial charge is 0.318 e. The Labute approximate surface area is 128 Å². The summed E-state index contributed by atoms with van der Waals surface area (Å²) in [6.45, 7) is 13.7. The molecule has 5 heteroatoms. The summed E-state index contributed by atoms with van der Waals surface area (Å²) in [5.41, 5.74) is 0.578. The number of rotatable bonds is 5. The molecule has 0 atom stereocenters. The zero-order chi connectivity index (χ0) is 15.5. The molecule has 1 fully saturated rings. The van der Waals surface area contributed by atoms with E-state index in [1.165, 1.54) is 25.7 Å². The summed E-state index contributed by atoms with van der Waals surface area (Å²) in [6, 6.07) is 0.682. The topological polar surface area (TPSA) is 54.2 Å². The van der Waals surface area contributed by atoms with Gasteiger partial charge in [-0.2, -0.15) is 0 Å². The van der Waals surface area contributed by atoms with E-state index in [1.807, 2.05) is 0 Å². The van der Waals surface area contributed by atoms with Crippen molar-refractivity contribution in [3.8, 4) is 0 Å². The first-order valence-electron chi connectivity index (χ1n) is 8.20. The Morgan fingerprint density at radius 1 is 1.14 bits per heavy atom. The molecule has 1 aliphatic rings. The zero-order valence-corrected chi connectivity index (χ0v) is 14.2. The van der Waals surface area contributed by atoms with Gasteiger partial charge in [-0.3, -0.25) is 0 Å². The Bertz CT molecular complexity index is 435. The average molecular weight is 294 g/mol. The normalized spacial score (nSPS) is 19.0. The van der Waals surface area contributed by atoms with E-state index in [0.717, 1.165) is 13.1 Å². The SMILES string of the molecule is CCC1(CC)CCN(c2nnc(CNC(C)(C)C)o2)CC1. The largest absolute Gasteiger partial charge is 0.407 e. The minimum absolute atomic E-state index is 0.0572. The van der Waals surface area contributed by atoms with Gasteiger partial charge in [-0.15, -0.1) is 5.10 Å². The van der Waals surface area contributed by atoms with E-state index in [0.29, 0.717) is 23.9 Å². The lowest BCUT2D eigenvalue weighted by atomic mass is 9.74. The van der Waals surface area contributed by atoms with E-state index in [1.54, 1.807) is 0 Å². The molecule has 0 unspecified atom stereocenters. The second kappa shape index (κ2) is 6.34. The Balaban J connectivity index is 1.91. The molecule has 0 aliphatic carbocycles. The molecule has 2 heterocycles. The van der Waals surface area contributed by atoms with E-state index < -0.39 is 0 Å². The van der Waals surface area contributed by atoms with E-state index in [9.17, 15) is 0 Å². The van der Waals surface area contributed by atoms with Crippen molar-refractivity contribution < 1.29 is 4.42 Å². The molecule has 1 N–H and O–H groups in total. The first kappa shape index (κ1) is 16.3. The molecular weight excluding hydrogens is 264 g/mol. The molecule has 0 spiro atoms. The third-order valence-electron chi connectivity index (χ3n) is 4.82. The predicted molar refractivity (Wildman–Crippen MR) is 85.4 cm³/mol. The maximum Gasteiger partial charge on any atom is 0.318 e. The Kier molecular flexibility index (Phi) is 4.91. The van der Waals surface area contributed by atoms with Crippen molar-refractivity contribution in [2.45, 2.75) is 72.4 Å². The van der Waals surface area contributed by atoms with Crippen LogP contribution >= 0.6 is 0 Å². The van der Waals surface area contributed by atoms with Crippen molar-refractivity contribution >= 4 is 6.01 Å². The van der Waals surface area contributed by atoms with Crippen molar-refractivity contribution in [1.29, 1.82) is 0 Å². The zero-order valence-electron chi connectivity index (χ0n) is 14.2. The van der Waals surface area contributed by atoms with Crippen LogP contribution in [-0.4, -0.2) is 28.8 Å². The Morgan fingerprint density at radius 3 is 2.29 bits per heavy atom. The molecule has 2 rings (SSSR count). The number of hydrogen-bond donors (Lipinski definition) is 1. The molecule has 1 aliphatic heterocycles. The van der Waals surface area contributed by atoms with Gasteiger partial charge in [0.1, 0.15) is 0 Å². The third-order valence-corrected chi connectivity index (χ3v) is 4.82.